The van der Waals surface area contributed by atoms with Crippen molar-refractivity contribution in [1.82, 2.24) is 9.80 Å². The number of hydrogen-bond acceptors (Lipinski definition) is 9. The standard InChI is InChI=1S/C17H24N2O4.C16H22N2O4.2C2H6/c1-17(2,3)23-16(21)19-11-9-18(10-12-19)14-7-5-13(6-8-14)15(20)22-4;1-16(2,3)22-15(21)18-10-8-17(9-11-18)13-6-4-12(5-7-13)14(19)20;2*1-2/h5-8H,9-12H2,1-4H3;4-7H,8-11H2,1-3H3,(H,19,20);2*1-2H3. The van der Waals surface area contributed by atoms with E-state index in [0.717, 1.165) is 24.5 Å². The van der Waals surface area contributed by atoms with Gasteiger partial charge in [-0.1, -0.05) is 27.7 Å². The van der Waals surface area contributed by atoms with E-state index >= 15 is 0 Å². The van der Waals surface area contributed by atoms with Gasteiger partial charge in [0.1, 0.15) is 11.2 Å². The number of methoxy groups -OCH3 is 1. The average Bonchev–Trinajstić information content (AvgIpc) is 3.09. The lowest BCUT2D eigenvalue weighted by molar-refractivity contribution is 0.0230. The number of carboxylic acid groups (broad SMARTS) is 1. The lowest BCUT2D eigenvalue weighted by atomic mass is 10.2. The van der Waals surface area contributed by atoms with Crippen molar-refractivity contribution in [3.8, 4) is 0 Å². The van der Waals surface area contributed by atoms with Crippen LogP contribution in [0, 0.1) is 0 Å². The molecule has 0 saturated carbocycles. The zero-order chi connectivity index (χ0) is 37.4. The number of esters is 1. The molecule has 2 aromatic rings. The van der Waals surface area contributed by atoms with Gasteiger partial charge < -0.3 is 38.9 Å². The van der Waals surface area contributed by atoms with Gasteiger partial charge in [-0.15, -0.1) is 0 Å². The lowest BCUT2D eigenvalue weighted by Gasteiger charge is -2.36. The Labute approximate surface area is 292 Å². The predicted molar refractivity (Wildman–Crippen MR) is 194 cm³/mol. The van der Waals surface area contributed by atoms with Crippen LogP contribution in [0.3, 0.4) is 0 Å². The Morgan fingerprint density at radius 3 is 1.12 bits per heavy atom. The van der Waals surface area contributed by atoms with Crippen molar-refractivity contribution in [2.75, 3.05) is 69.3 Å². The third-order valence-electron chi connectivity index (χ3n) is 7.00. The van der Waals surface area contributed by atoms with E-state index in [1.807, 2.05) is 81.4 Å². The van der Waals surface area contributed by atoms with Crippen molar-refractivity contribution in [3.63, 3.8) is 0 Å². The van der Waals surface area contributed by atoms with Gasteiger partial charge >= 0.3 is 24.1 Å². The van der Waals surface area contributed by atoms with E-state index in [-0.39, 0.29) is 23.7 Å². The number of nitrogens with zero attached hydrogens (tertiary/aromatic N) is 4. The molecule has 12 heteroatoms. The van der Waals surface area contributed by atoms with E-state index in [2.05, 4.69) is 9.80 Å². The van der Waals surface area contributed by atoms with Gasteiger partial charge in [-0.05, 0) is 90.1 Å². The number of piperazine rings is 2. The van der Waals surface area contributed by atoms with E-state index in [9.17, 15) is 19.2 Å². The molecule has 2 saturated heterocycles. The summed E-state index contributed by atoms with van der Waals surface area (Å²) >= 11 is 0. The molecule has 0 unspecified atom stereocenters. The maximum Gasteiger partial charge on any atom is 0.410 e. The predicted octanol–water partition coefficient (Wildman–Crippen LogP) is 7.02. The van der Waals surface area contributed by atoms with Crippen LogP contribution in [0.15, 0.2) is 48.5 Å². The molecule has 0 aromatic heterocycles. The number of rotatable bonds is 4. The summed E-state index contributed by atoms with van der Waals surface area (Å²) in [5.41, 5.74) is 1.84. The second-order valence-electron chi connectivity index (χ2n) is 12.8. The van der Waals surface area contributed by atoms with Gasteiger partial charge in [0.25, 0.3) is 0 Å². The molecule has 12 nitrogen and oxygen atoms in total. The Balaban J connectivity index is 0.000000445. The van der Waals surface area contributed by atoms with Crippen molar-refractivity contribution in [3.05, 3.63) is 59.7 Å². The van der Waals surface area contributed by atoms with Crippen LogP contribution in [0.5, 0.6) is 0 Å². The molecule has 49 heavy (non-hydrogen) atoms. The zero-order valence-corrected chi connectivity index (χ0v) is 31.4. The minimum absolute atomic E-state index is 0.266. The van der Waals surface area contributed by atoms with Crippen LogP contribution in [-0.2, 0) is 14.2 Å². The normalized spacial score (nSPS) is 14.4. The number of benzene rings is 2. The molecule has 0 bridgehead atoms. The molecule has 2 aromatic carbocycles. The van der Waals surface area contributed by atoms with E-state index in [0.29, 0.717) is 44.8 Å². The zero-order valence-electron chi connectivity index (χ0n) is 31.4. The van der Waals surface area contributed by atoms with Crippen molar-refractivity contribution in [2.24, 2.45) is 0 Å². The minimum atomic E-state index is -0.929. The van der Waals surface area contributed by atoms with Crippen LogP contribution in [0.25, 0.3) is 0 Å². The maximum atomic E-state index is 12.0. The highest BCUT2D eigenvalue weighted by Crippen LogP contribution is 2.20. The van der Waals surface area contributed by atoms with Crippen molar-refractivity contribution in [2.45, 2.75) is 80.4 Å². The fraction of sp³-hybridized carbons (Fsp3) is 0.568. The number of carboxylic acids is 1. The molecule has 0 atom stereocenters. The van der Waals surface area contributed by atoms with E-state index in [1.165, 1.54) is 7.11 Å². The summed E-state index contributed by atoms with van der Waals surface area (Å²) in [5, 5.41) is 8.90. The fourth-order valence-corrected chi connectivity index (χ4v) is 4.69. The van der Waals surface area contributed by atoms with Crippen LogP contribution in [-0.4, -0.2) is 110 Å². The van der Waals surface area contributed by atoms with Gasteiger partial charge in [-0.2, -0.15) is 0 Å². The Bertz CT molecular complexity index is 1300. The third-order valence-corrected chi connectivity index (χ3v) is 7.00. The topological polar surface area (TPSA) is 129 Å². The summed E-state index contributed by atoms with van der Waals surface area (Å²) in [6.45, 7) is 24.4. The van der Waals surface area contributed by atoms with Crippen LogP contribution < -0.4 is 9.80 Å². The van der Waals surface area contributed by atoms with Gasteiger partial charge in [0.2, 0.25) is 0 Å². The number of carbonyl (C=O) groups is 4. The lowest BCUT2D eigenvalue weighted by Crippen LogP contribution is -2.50. The minimum Gasteiger partial charge on any atom is -0.478 e. The average molecular weight is 687 g/mol. The van der Waals surface area contributed by atoms with Crippen LogP contribution in [0.1, 0.15) is 90.0 Å². The first-order chi connectivity index (χ1) is 23.1. The number of hydrogen-bond donors (Lipinski definition) is 1. The number of amides is 2. The summed E-state index contributed by atoms with van der Waals surface area (Å²) in [6, 6.07) is 14.1. The van der Waals surface area contributed by atoms with E-state index < -0.39 is 17.2 Å². The summed E-state index contributed by atoms with van der Waals surface area (Å²) in [5.74, 6) is -1.27. The molecule has 2 heterocycles. The molecule has 0 radical (unpaired) electrons. The number of ether oxygens (including phenoxy) is 3. The fourth-order valence-electron chi connectivity index (χ4n) is 4.69. The highest BCUT2D eigenvalue weighted by Gasteiger charge is 2.27. The van der Waals surface area contributed by atoms with E-state index in [4.69, 9.17) is 19.3 Å². The first-order valence-corrected chi connectivity index (χ1v) is 17.0. The third kappa shape index (κ3) is 14.7. The summed E-state index contributed by atoms with van der Waals surface area (Å²) in [6.07, 6.45) is -0.549. The Hall–Kier alpha value is -4.48. The second kappa shape index (κ2) is 20.1. The molecule has 2 fully saturated rings. The molecule has 2 aliphatic heterocycles. The number of anilines is 2. The quantitative estimate of drug-likeness (QED) is 0.265. The summed E-state index contributed by atoms with van der Waals surface area (Å²) in [4.78, 5) is 54.1. The first kappa shape index (κ1) is 42.5. The molecule has 2 amide bonds. The molecule has 2 aliphatic rings. The highest BCUT2D eigenvalue weighted by atomic mass is 16.6. The molecular formula is C37H58N4O8. The number of carbonyl (C=O) groups excluding carboxylic acids is 3. The molecular weight excluding hydrogens is 628 g/mol. The van der Waals surface area contributed by atoms with Gasteiger partial charge in [-0.3, -0.25) is 0 Å². The SMILES string of the molecule is CC.CC.CC(C)(C)OC(=O)N1CCN(c2ccc(C(=O)O)cc2)CC1.COC(=O)c1ccc(N2CCN(C(=O)OC(C)(C)C)CC2)cc1. The van der Waals surface area contributed by atoms with Gasteiger partial charge in [0, 0.05) is 63.7 Å². The Kier molecular flexibility index (Phi) is 17.5. The smallest absolute Gasteiger partial charge is 0.410 e. The molecule has 0 aliphatic carbocycles. The largest absolute Gasteiger partial charge is 0.478 e. The van der Waals surface area contributed by atoms with Gasteiger partial charge in [0.15, 0.2) is 0 Å². The first-order valence-electron chi connectivity index (χ1n) is 17.0. The molecule has 4 rings (SSSR count). The van der Waals surface area contributed by atoms with Crippen molar-refractivity contribution < 1.29 is 38.5 Å². The van der Waals surface area contributed by atoms with Crippen molar-refractivity contribution >= 4 is 35.5 Å². The van der Waals surface area contributed by atoms with Crippen LogP contribution >= 0.6 is 0 Å². The second-order valence-corrected chi connectivity index (χ2v) is 12.8. The summed E-state index contributed by atoms with van der Waals surface area (Å²) in [7, 11) is 1.37. The Morgan fingerprint density at radius 1 is 0.551 bits per heavy atom. The van der Waals surface area contributed by atoms with E-state index in [1.54, 1.807) is 46.2 Å². The van der Waals surface area contributed by atoms with Gasteiger partial charge in [-0.25, -0.2) is 19.2 Å². The maximum absolute atomic E-state index is 12.0. The monoisotopic (exact) mass is 686 g/mol. The van der Waals surface area contributed by atoms with Gasteiger partial charge in [0.05, 0.1) is 18.2 Å². The van der Waals surface area contributed by atoms with Crippen LogP contribution in [0.4, 0.5) is 21.0 Å². The van der Waals surface area contributed by atoms with Crippen molar-refractivity contribution in [1.29, 1.82) is 0 Å². The Morgan fingerprint density at radius 2 is 0.857 bits per heavy atom. The number of aromatic carboxylic acids is 1. The van der Waals surface area contributed by atoms with Crippen LogP contribution in [0.2, 0.25) is 0 Å². The molecule has 1 N–H and O–H groups in total. The highest BCUT2D eigenvalue weighted by molar-refractivity contribution is 5.89. The summed E-state index contributed by atoms with van der Waals surface area (Å²) < 4.78 is 15.4. The molecule has 274 valence electrons. The molecule has 0 spiro atoms.